The topological polar surface area (TPSA) is 114 Å². The van der Waals surface area contributed by atoms with Gasteiger partial charge in [-0.2, -0.15) is 0 Å². The number of carbonyl (C=O) groups is 1. The summed E-state index contributed by atoms with van der Waals surface area (Å²) >= 11 is 0. The Morgan fingerprint density at radius 3 is 2.60 bits per heavy atom. The number of sulfonamides is 1. The van der Waals surface area contributed by atoms with Crippen molar-refractivity contribution >= 4 is 15.9 Å². The van der Waals surface area contributed by atoms with E-state index in [0.29, 0.717) is 12.8 Å². The molecule has 0 radical (unpaired) electrons. The molecule has 1 saturated carbocycles. The fourth-order valence-electron chi connectivity index (χ4n) is 2.46. The number of aliphatic hydroxyl groups is 1. The van der Waals surface area contributed by atoms with Crippen LogP contribution in [0.25, 0.3) is 0 Å². The van der Waals surface area contributed by atoms with Crippen LogP contribution in [0.1, 0.15) is 36.2 Å². The first-order chi connectivity index (χ1) is 9.21. The Morgan fingerprint density at radius 2 is 2.10 bits per heavy atom. The number of nitrogens with one attached hydrogen (secondary N) is 1. The van der Waals surface area contributed by atoms with Gasteiger partial charge in [-0.1, -0.05) is 12.8 Å². The van der Waals surface area contributed by atoms with Crippen LogP contribution in [0.5, 0.6) is 0 Å². The standard InChI is InChI=1S/C12H19N3O4S/c1-15-7-9(20(13,18)19)6-10(15)11(16)14-8-12(17)4-2-3-5-12/h6-7,17H,2-5,8H2,1H3,(H,14,16)(H2,13,18,19). The number of nitrogens with zero attached hydrogens (tertiary/aromatic N) is 1. The van der Waals surface area contributed by atoms with Crippen molar-refractivity contribution in [2.45, 2.75) is 36.2 Å². The average Bonchev–Trinajstić information content (AvgIpc) is 2.93. The van der Waals surface area contributed by atoms with Gasteiger partial charge in [0.2, 0.25) is 10.0 Å². The lowest BCUT2D eigenvalue weighted by molar-refractivity contribution is 0.0448. The summed E-state index contributed by atoms with van der Waals surface area (Å²) < 4.78 is 23.9. The summed E-state index contributed by atoms with van der Waals surface area (Å²) in [7, 11) is -2.27. The van der Waals surface area contributed by atoms with E-state index < -0.39 is 21.5 Å². The maximum Gasteiger partial charge on any atom is 0.268 e. The molecule has 2 rings (SSSR count). The highest BCUT2D eigenvalue weighted by atomic mass is 32.2. The molecule has 1 aliphatic carbocycles. The number of rotatable bonds is 4. The molecule has 112 valence electrons. The Labute approximate surface area is 117 Å². The summed E-state index contributed by atoms with van der Waals surface area (Å²) in [6.45, 7) is 0.168. The summed E-state index contributed by atoms with van der Waals surface area (Å²) in [5, 5.41) is 17.8. The predicted molar refractivity (Wildman–Crippen MR) is 72.5 cm³/mol. The second kappa shape index (κ2) is 5.19. The minimum Gasteiger partial charge on any atom is -0.388 e. The lowest BCUT2D eigenvalue weighted by atomic mass is 10.0. The molecule has 1 aromatic rings. The summed E-state index contributed by atoms with van der Waals surface area (Å²) in [5.74, 6) is -0.428. The number of aromatic nitrogens is 1. The first kappa shape index (κ1) is 15.0. The lowest BCUT2D eigenvalue weighted by Gasteiger charge is -2.22. The Kier molecular flexibility index (Phi) is 3.90. The zero-order valence-corrected chi connectivity index (χ0v) is 12.1. The monoisotopic (exact) mass is 301 g/mol. The molecular formula is C12H19N3O4S. The number of carbonyl (C=O) groups excluding carboxylic acids is 1. The fraction of sp³-hybridized carbons (Fsp3) is 0.583. The highest BCUT2D eigenvalue weighted by Gasteiger charge is 2.31. The van der Waals surface area contributed by atoms with E-state index in [2.05, 4.69) is 5.32 Å². The summed E-state index contributed by atoms with van der Waals surface area (Å²) in [4.78, 5) is 11.9. The normalized spacial score (nSPS) is 18.1. The zero-order valence-electron chi connectivity index (χ0n) is 11.3. The molecular weight excluding hydrogens is 282 g/mol. The molecule has 7 nitrogen and oxygen atoms in total. The lowest BCUT2D eigenvalue weighted by Crippen LogP contribution is -2.41. The van der Waals surface area contributed by atoms with Crippen molar-refractivity contribution < 1.29 is 18.3 Å². The van der Waals surface area contributed by atoms with E-state index in [1.165, 1.54) is 16.8 Å². The molecule has 20 heavy (non-hydrogen) atoms. The van der Waals surface area contributed by atoms with Crippen LogP contribution in [0.3, 0.4) is 0 Å². The van der Waals surface area contributed by atoms with Gasteiger partial charge in [0, 0.05) is 19.8 Å². The third-order valence-corrected chi connectivity index (χ3v) is 4.53. The summed E-state index contributed by atoms with van der Waals surface area (Å²) in [6.07, 6.45) is 4.53. The molecule has 0 saturated heterocycles. The van der Waals surface area contributed by atoms with Gasteiger partial charge in [-0.3, -0.25) is 4.79 Å². The molecule has 1 amide bonds. The molecule has 4 N–H and O–H groups in total. The van der Waals surface area contributed by atoms with Crippen molar-refractivity contribution in [3.63, 3.8) is 0 Å². The van der Waals surface area contributed by atoms with Gasteiger partial charge < -0.3 is 15.0 Å². The molecule has 1 aromatic heterocycles. The molecule has 1 aliphatic rings. The van der Waals surface area contributed by atoms with Crippen LogP contribution in [-0.2, 0) is 17.1 Å². The van der Waals surface area contributed by atoms with E-state index in [9.17, 15) is 18.3 Å². The number of amides is 1. The molecule has 0 spiro atoms. The van der Waals surface area contributed by atoms with Crippen molar-refractivity contribution in [1.82, 2.24) is 9.88 Å². The smallest absolute Gasteiger partial charge is 0.268 e. The fourth-order valence-corrected chi connectivity index (χ4v) is 3.04. The second-order valence-electron chi connectivity index (χ2n) is 5.33. The summed E-state index contributed by atoms with van der Waals surface area (Å²) in [5.41, 5.74) is -0.653. The minimum absolute atomic E-state index is 0.107. The third-order valence-electron chi connectivity index (χ3n) is 3.65. The molecule has 8 heteroatoms. The molecule has 1 fully saturated rings. The quantitative estimate of drug-likeness (QED) is 0.708. The van der Waals surface area contributed by atoms with E-state index in [0.717, 1.165) is 12.8 Å². The van der Waals surface area contributed by atoms with Gasteiger partial charge in [-0.15, -0.1) is 0 Å². The largest absolute Gasteiger partial charge is 0.388 e. The van der Waals surface area contributed by atoms with Crippen LogP contribution in [0, 0.1) is 0 Å². The van der Waals surface area contributed by atoms with Crippen molar-refractivity contribution in [3.05, 3.63) is 18.0 Å². The highest BCUT2D eigenvalue weighted by molar-refractivity contribution is 7.89. The van der Waals surface area contributed by atoms with Gasteiger partial charge >= 0.3 is 0 Å². The molecule has 0 atom stereocenters. The SMILES string of the molecule is Cn1cc(S(N)(=O)=O)cc1C(=O)NCC1(O)CCCC1. The number of aryl methyl sites for hydroxylation is 1. The molecule has 0 aliphatic heterocycles. The van der Waals surface area contributed by atoms with Crippen molar-refractivity contribution in [3.8, 4) is 0 Å². The van der Waals surface area contributed by atoms with E-state index in [1.54, 1.807) is 7.05 Å². The predicted octanol–water partition coefficient (Wildman–Crippen LogP) is -0.293. The van der Waals surface area contributed by atoms with Crippen molar-refractivity contribution in [2.75, 3.05) is 6.54 Å². The Morgan fingerprint density at radius 1 is 1.50 bits per heavy atom. The first-order valence-corrected chi connectivity index (χ1v) is 7.96. The number of nitrogens with two attached hydrogens (primary N) is 1. The number of primary sulfonamides is 1. The number of hydrogen-bond donors (Lipinski definition) is 3. The molecule has 0 bridgehead atoms. The third kappa shape index (κ3) is 3.20. The first-order valence-electron chi connectivity index (χ1n) is 6.41. The van der Waals surface area contributed by atoms with Gasteiger partial charge in [0.1, 0.15) is 10.6 Å². The van der Waals surface area contributed by atoms with Gasteiger partial charge in [0.15, 0.2) is 0 Å². The van der Waals surface area contributed by atoms with Crippen LogP contribution in [0.4, 0.5) is 0 Å². The average molecular weight is 301 g/mol. The van der Waals surface area contributed by atoms with E-state index in [1.807, 2.05) is 0 Å². The minimum atomic E-state index is -3.83. The molecule has 0 unspecified atom stereocenters. The van der Waals surface area contributed by atoms with Crippen LogP contribution < -0.4 is 10.5 Å². The maximum absolute atomic E-state index is 12.0. The Bertz CT molecular complexity index is 615. The van der Waals surface area contributed by atoms with Gasteiger partial charge in [-0.05, 0) is 18.9 Å². The van der Waals surface area contributed by atoms with E-state index in [-0.39, 0.29) is 17.1 Å². The van der Waals surface area contributed by atoms with Crippen LogP contribution >= 0.6 is 0 Å². The van der Waals surface area contributed by atoms with Gasteiger partial charge in [0.25, 0.3) is 5.91 Å². The van der Waals surface area contributed by atoms with Gasteiger partial charge in [0.05, 0.1) is 5.60 Å². The van der Waals surface area contributed by atoms with Crippen LogP contribution in [0.2, 0.25) is 0 Å². The summed E-state index contributed by atoms with van der Waals surface area (Å²) in [6, 6.07) is 1.23. The van der Waals surface area contributed by atoms with Crippen LogP contribution in [-0.4, -0.2) is 36.1 Å². The maximum atomic E-state index is 12.0. The molecule has 1 heterocycles. The zero-order chi connectivity index (χ0) is 15.0. The second-order valence-corrected chi connectivity index (χ2v) is 6.89. The number of hydrogen-bond acceptors (Lipinski definition) is 4. The van der Waals surface area contributed by atoms with Gasteiger partial charge in [-0.25, -0.2) is 13.6 Å². The van der Waals surface area contributed by atoms with E-state index >= 15 is 0 Å². The Balaban J connectivity index is 2.08. The van der Waals surface area contributed by atoms with Crippen molar-refractivity contribution in [2.24, 2.45) is 12.2 Å². The van der Waals surface area contributed by atoms with Crippen LogP contribution in [0.15, 0.2) is 17.2 Å². The Hall–Kier alpha value is -1.38. The van der Waals surface area contributed by atoms with E-state index in [4.69, 9.17) is 5.14 Å². The van der Waals surface area contributed by atoms with Crippen molar-refractivity contribution in [1.29, 1.82) is 0 Å². The molecule has 0 aromatic carbocycles. The highest BCUT2D eigenvalue weighted by Crippen LogP contribution is 2.28.